The smallest absolute Gasteiger partial charge is 0.317 e. The lowest BCUT2D eigenvalue weighted by Gasteiger charge is -2.34. The van der Waals surface area contributed by atoms with Crippen molar-refractivity contribution in [1.82, 2.24) is 10.2 Å². The topological polar surface area (TPSA) is 99.1 Å². The van der Waals surface area contributed by atoms with E-state index in [-0.39, 0.29) is 18.4 Å². The normalized spacial score (nSPS) is 16.3. The molecule has 0 spiro atoms. The molecule has 1 aliphatic heterocycles. The van der Waals surface area contributed by atoms with E-state index in [9.17, 15) is 14.7 Å². The number of hydrogen-bond acceptors (Lipinski definition) is 4. The Hall–Kier alpha value is -2.28. The first-order valence-electron chi connectivity index (χ1n) is 8.58. The van der Waals surface area contributed by atoms with E-state index < -0.39 is 12.1 Å². The summed E-state index contributed by atoms with van der Waals surface area (Å²) in [5, 5.41) is 21.9. The van der Waals surface area contributed by atoms with Crippen LogP contribution in [0.3, 0.4) is 0 Å². The molecule has 0 radical (unpaired) electrons. The molecule has 3 N–H and O–H groups in total. The van der Waals surface area contributed by atoms with Crippen LogP contribution in [-0.4, -0.2) is 53.9 Å². The number of nitrogens with one attached hydrogen (secondary N) is 1. The van der Waals surface area contributed by atoms with Gasteiger partial charge < -0.3 is 25.2 Å². The van der Waals surface area contributed by atoms with Crippen LogP contribution in [0.1, 0.15) is 37.4 Å². The minimum atomic E-state index is -0.859. The highest BCUT2D eigenvalue weighted by Gasteiger charge is 2.28. The number of aliphatic hydroxyl groups is 1. The second kappa shape index (κ2) is 9.27. The number of rotatable bonds is 7. The standard InChI is InChI=1S/C18H26N2O5/c1-25-15-6-4-13(5-7-15)17(23)14-8-11-20(12-9-14)18(24)19-10-2-3-16(21)22/h4-7,14,17,23H,2-3,8-12H2,1H3,(H,19,24)(H,21,22). The third-order valence-corrected chi connectivity index (χ3v) is 4.57. The second-order valence-electron chi connectivity index (χ2n) is 6.27. The van der Waals surface area contributed by atoms with Crippen molar-refractivity contribution in [3.05, 3.63) is 29.8 Å². The van der Waals surface area contributed by atoms with E-state index in [2.05, 4.69) is 5.32 Å². The molecule has 1 aromatic rings. The molecular formula is C18H26N2O5. The molecule has 2 amide bonds. The van der Waals surface area contributed by atoms with Gasteiger partial charge in [-0.25, -0.2) is 4.79 Å². The van der Waals surface area contributed by atoms with Crippen LogP contribution in [0.15, 0.2) is 24.3 Å². The molecule has 0 aromatic heterocycles. The van der Waals surface area contributed by atoms with Crippen molar-refractivity contribution in [3.8, 4) is 5.75 Å². The maximum atomic E-state index is 12.1. The third kappa shape index (κ3) is 5.63. The van der Waals surface area contributed by atoms with Gasteiger partial charge in [0.25, 0.3) is 0 Å². The molecule has 0 saturated carbocycles. The molecule has 1 atom stereocenters. The molecule has 7 nitrogen and oxygen atoms in total. The first-order valence-corrected chi connectivity index (χ1v) is 8.58. The molecule has 7 heteroatoms. The lowest BCUT2D eigenvalue weighted by atomic mass is 9.87. The second-order valence-corrected chi connectivity index (χ2v) is 6.27. The molecule has 25 heavy (non-hydrogen) atoms. The molecule has 1 aliphatic rings. The van der Waals surface area contributed by atoms with Crippen LogP contribution in [0.4, 0.5) is 4.79 Å². The lowest BCUT2D eigenvalue weighted by molar-refractivity contribution is -0.137. The van der Waals surface area contributed by atoms with Gasteiger partial charge in [-0.2, -0.15) is 0 Å². The number of carboxylic acids is 1. The number of aliphatic hydroxyl groups excluding tert-OH is 1. The maximum absolute atomic E-state index is 12.1. The Bertz CT molecular complexity index is 567. The van der Waals surface area contributed by atoms with Gasteiger partial charge in [0.05, 0.1) is 13.2 Å². The lowest BCUT2D eigenvalue weighted by Crippen LogP contribution is -2.45. The largest absolute Gasteiger partial charge is 0.497 e. The third-order valence-electron chi connectivity index (χ3n) is 4.57. The highest BCUT2D eigenvalue weighted by atomic mass is 16.5. The van der Waals surface area contributed by atoms with E-state index >= 15 is 0 Å². The van der Waals surface area contributed by atoms with Gasteiger partial charge in [-0.05, 0) is 42.9 Å². The van der Waals surface area contributed by atoms with Gasteiger partial charge in [-0.1, -0.05) is 12.1 Å². The van der Waals surface area contributed by atoms with Crippen LogP contribution < -0.4 is 10.1 Å². The summed E-state index contributed by atoms with van der Waals surface area (Å²) >= 11 is 0. The summed E-state index contributed by atoms with van der Waals surface area (Å²) in [6.45, 7) is 1.53. The number of aliphatic carboxylic acids is 1. The Morgan fingerprint density at radius 1 is 1.28 bits per heavy atom. The quantitative estimate of drug-likeness (QED) is 0.653. The number of amides is 2. The SMILES string of the molecule is COc1ccc(C(O)C2CCN(C(=O)NCCCC(=O)O)CC2)cc1. The summed E-state index contributed by atoms with van der Waals surface area (Å²) < 4.78 is 5.12. The maximum Gasteiger partial charge on any atom is 0.317 e. The summed E-state index contributed by atoms with van der Waals surface area (Å²) in [6, 6.07) is 7.23. The van der Waals surface area contributed by atoms with Gasteiger partial charge in [0, 0.05) is 26.1 Å². The molecular weight excluding hydrogens is 324 g/mol. The number of ether oxygens (including phenoxy) is 1. The van der Waals surface area contributed by atoms with Crippen LogP contribution in [0.25, 0.3) is 0 Å². The summed E-state index contributed by atoms with van der Waals surface area (Å²) in [5.41, 5.74) is 0.859. The van der Waals surface area contributed by atoms with E-state index in [4.69, 9.17) is 9.84 Å². The van der Waals surface area contributed by atoms with Gasteiger partial charge in [0.1, 0.15) is 5.75 Å². The zero-order valence-corrected chi connectivity index (χ0v) is 14.5. The van der Waals surface area contributed by atoms with Crippen molar-refractivity contribution in [2.24, 2.45) is 5.92 Å². The molecule has 1 saturated heterocycles. The van der Waals surface area contributed by atoms with Crippen molar-refractivity contribution in [2.45, 2.75) is 31.8 Å². The number of nitrogens with zero attached hydrogens (tertiary/aromatic N) is 1. The zero-order valence-electron chi connectivity index (χ0n) is 14.5. The average molecular weight is 350 g/mol. The number of carbonyl (C=O) groups excluding carboxylic acids is 1. The summed E-state index contributed by atoms with van der Waals surface area (Å²) in [7, 11) is 1.61. The first kappa shape index (κ1) is 19.1. The monoisotopic (exact) mass is 350 g/mol. The fourth-order valence-corrected chi connectivity index (χ4v) is 3.04. The zero-order chi connectivity index (χ0) is 18.2. The van der Waals surface area contributed by atoms with Crippen LogP contribution in [0.5, 0.6) is 5.75 Å². The van der Waals surface area contributed by atoms with Crippen LogP contribution >= 0.6 is 0 Å². The number of benzene rings is 1. The number of carboxylic acid groups (broad SMARTS) is 1. The van der Waals surface area contributed by atoms with Crippen LogP contribution in [0, 0.1) is 5.92 Å². The van der Waals surface area contributed by atoms with Crippen LogP contribution in [0.2, 0.25) is 0 Å². The molecule has 1 heterocycles. The predicted molar refractivity (Wildman–Crippen MR) is 92.5 cm³/mol. The summed E-state index contributed by atoms with van der Waals surface area (Å²) in [4.78, 5) is 24.2. The van der Waals surface area contributed by atoms with Crippen molar-refractivity contribution in [1.29, 1.82) is 0 Å². The molecule has 0 bridgehead atoms. The van der Waals surface area contributed by atoms with Crippen LogP contribution in [-0.2, 0) is 4.79 Å². The van der Waals surface area contributed by atoms with Crippen molar-refractivity contribution in [3.63, 3.8) is 0 Å². The Morgan fingerprint density at radius 3 is 2.48 bits per heavy atom. The first-order chi connectivity index (χ1) is 12.0. The van der Waals surface area contributed by atoms with Gasteiger partial charge in [0.2, 0.25) is 0 Å². The van der Waals surface area contributed by atoms with Crippen molar-refractivity contribution < 1.29 is 24.5 Å². The number of methoxy groups -OCH3 is 1. The average Bonchev–Trinajstić information content (AvgIpc) is 2.64. The highest BCUT2D eigenvalue weighted by Crippen LogP contribution is 2.31. The fraction of sp³-hybridized carbons (Fsp3) is 0.556. The molecule has 1 fully saturated rings. The van der Waals surface area contributed by atoms with E-state index in [0.29, 0.717) is 26.1 Å². The van der Waals surface area contributed by atoms with Gasteiger partial charge in [0.15, 0.2) is 0 Å². The Labute approximate surface area is 147 Å². The van der Waals surface area contributed by atoms with Crippen molar-refractivity contribution in [2.75, 3.05) is 26.7 Å². The van der Waals surface area contributed by atoms with E-state index in [1.54, 1.807) is 12.0 Å². The number of carbonyl (C=O) groups is 2. The molecule has 138 valence electrons. The summed E-state index contributed by atoms with van der Waals surface area (Å²) in [5.74, 6) is 0.0115. The predicted octanol–water partition coefficient (Wildman–Crippen LogP) is 2.01. The van der Waals surface area contributed by atoms with E-state index in [0.717, 1.165) is 24.2 Å². The minimum Gasteiger partial charge on any atom is -0.497 e. The molecule has 1 aromatic carbocycles. The highest BCUT2D eigenvalue weighted by molar-refractivity contribution is 5.74. The Morgan fingerprint density at radius 2 is 1.92 bits per heavy atom. The van der Waals surface area contributed by atoms with E-state index in [1.807, 2.05) is 24.3 Å². The number of urea groups is 1. The van der Waals surface area contributed by atoms with Gasteiger partial charge in [-0.15, -0.1) is 0 Å². The Kier molecular flexibility index (Phi) is 7.06. The van der Waals surface area contributed by atoms with Crippen molar-refractivity contribution >= 4 is 12.0 Å². The van der Waals surface area contributed by atoms with Gasteiger partial charge >= 0.3 is 12.0 Å². The summed E-state index contributed by atoms with van der Waals surface area (Å²) in [6.07, 6.45) is 1.39. The minimum absolute atomic E-state index is 0.0520. The molecule has 0 aliphatic carbocycles. The number of piperidine rings is 1. The Balaban J connectivity index is 1.76. The molecule has 2 rings (SSSR count). The van der Waals surface area contributed by atoms with Gasteiger partial charge in [-0.3, -0.25) is 4.79 Å². The number of hydrogen-bond donors (Lipinski definition) is 3. The fourth-order valence-electron chi connectivity index (χ4n) is 3.04. The van der Waals surface area contributed by atoms with E-state index in [1.165, 1.54) is 0 Å². The number of likely N-dealkylation sites (tertiary alicyclic amines) is 1. The molecule has 1 unspecified atom stereocenters.